The molecule has 29 heavy (non-hydrogen) atoms. The van der Waals surface area contributed by atoms with Gasteiger partial charge < -0.3 is 0 Å². The molecule has 0 unspecified atom stereocenters. The molecule has 2 heterocycles. The molecule has 0 N–H and O–H groups in total. The average molecular weight is 415 g/mol. The molecule has 0 saturated heterocycles. The fourth-order valence-electron chi connectivity index (χ4n) is 4.07. The summed E-state index contributed by atoms with van der Waals surface area (Å²) in [5, 5.41) is 5.62. The normalized spacial score (nSPS) is 15.4. The summed E-state index contributed by atoms with van der Waals surface area (Å²) in [6, 6.07) is 8.19. The molecule has 2 aromatic heterocycles. The zero-order valence-electron chi connectivity index (χ0n) is 16.8. The quantitative estimate of drug-likeness (QED) is 0.560. The monoisotopic (exact) mass is 414 g/mol. The first-order chi connectivity index (χ1) is 14.1. The van der Waals surface area contributed by atoms with E-state index in [-0.39, 0.29) is 11.4 Å². The van der Waals surface area contributed by atoms with Gasteiger partial charge in [0.15, 0.2) is 0 Å². The second kappa shape index (κ2) is 9.13. The Morgan fingerprint density at radius 1 is 1.17 bits per heavy atom. The topological polar surface area (TPSA) is 50.5 Å². The summed E-state index contributed by atoms with van der Waals surface area (Å²) >= 11 is 1.56. The summed E-state index contributed by atoms with van der Waals surface area (Å²) in [7, 11) is 0. The Bertz CT molecular complexity index is 1010. The SMILES string of the molecule is CCCN(Cc1ccc(F)cc1)Cc1cc(=O)n2nc(C3CCCCC3)sc2n1. The first kappa shape index (κ1) is 20.2. The number of aromatic nitrogens is 3. The fraction of sp³-hybridized carbons (Fsp3) is 0.500. The number of rotatable bonds is 7. The van der Waals surface area contributed by atoms with Crippen LogP contribution in [0.25, 0.3) is 4.96 Å². The maximum Gasteiger partial charge on any atom is 0.275 e. The van der Waals surface area contributed by atoms with Crippen LogP contribution in [0.5, 0.6) is 0 Å². The summed E-state index contributed by atoms with van der Waals surface area (Å²) in [5.41, 5.74) is 1.71. The molecule has 0 spiro atoms. The summed E-state index contributed by atoms with van der Waals surface area (Å²) in [4.78, 5) is 20.3. The molecule has 0 radical (unpaired) electrons. The molecule has 3 aromatic rings. The maximum absolute atomic E-state index is 13.2. The third-order valence-electron chi connectivity index (χ3n) is 5.51. The Labute approximate surface area is 174 Å². The molecule has 1 aliphatic carbocycles. The third-order valence-corrected chi connectivity index (χ3v) is 6.58. The van der Waals surface area contributed by atoms with E-state index in [0.29, 0.717) is 24.0 Å². The van der Waals surface area contributed by atoms with E-state index in [1.165, 1.54) is 35.9 Å². The van der Waals surface area contributed by atoms with Gasteiger partial charge in [-0.05, 0) is 43.5 Å². The first-order valence-electron chi connectivity index (χ1n) is 10.5. The molecule has 1 aromatic carbocycles. The van der Waals surface area contributed by atoms with E-state index in [9.17, 15) is 9.18 Å². The van der Waals surface area contributed by atoms with E-state index < -0.39 is 0 Å². The van der Waals surface area contributed by atoms with Crippen molar-refractivity contribution in [3.8, 4) is 0 Å². The Morgan fingerprint density at radius 3 is 2.66 bits per heavy atom. The highest BCUT2D eigenvalue weighted by atomic mass is 32.1. The number of benzene rings is 1. The Morgan fingerprint density at radius 2 is 1.93 bits per heavy atom. The average Bonchev–Trinajstić information content (AvgIpc) is 3.15. The number of hydrogen-bond donors (Lipinski definition) is 0. The van der Waals surface area contributed by atoms with Crippen LogP contribution < -0.4 is 5.56 Å². The maximum atomic E-state index is 13.2. The molecule has 1 fully saturated rings. The van der Waals surface area contributed by atoms with Crippen molar-refractivity contribution in [3.63, 3.8) is 0 Å². The lowest BCUT2D eigenvalue weighted by Crippen LogP contribution is -2.26. The third kappa shape index (κ3) is 4.90. The standard InChI is InChI=1S/C22H27FN4OS/c1-2-12-26(14-16-8-10-18(23)11-9-16)15-19-13-20(28)27-22(24-19)29-21(25-27)17-6-4-3-5-7-17/h8-11,13,17H,2-7,12,14-15H2,1H3. The van der Waals surface area contributed by atoms with Crippen LogP contribution in [0, 0.1) is 5.82 Å². The van der Waals surface area contributed by atoms with Crippen molar-refractivity contribution in [2.75, 3.05) is 6.54 Å². The molecule has 5 nitrogen and oxygen atoms in total. The summed E-state index contributed by atoms with van der Waals surface area (Å²) in [5.74, 6) is 0.239. The zero-order chi connectivity index (χ0) is 20.2. The smallest absolute Gasteiger partial charge is 0.275 e. The van der Waals surface area contributed by atoms with Crippen LogP contribution in [0.15, 0.2) is 35.1 Å². The van der Waals surface area contributed by atoms with Crippen LogP contribution in [0.2, 0.25) is 0 Å². The number of hydrogen-bond acceptors (Lipinski definition) is 5. The van der Waals surface area contributed by atoms with Crippen molar-refractivity contribution in [2.45, 2.75) is 64.5 Å². The van der Waals surface area contributed by atoms with Crippen LogP contribution in [0.3, 0.4) is 0 Å². The van der Waals surface area contributed by atoms with Crippen molar-refractivity contribution >= 4 is 16.3 Å². The number of halogens is 1. The van der Waals surface area contributed by atoms with Gasteiger partial charge in [0.25, 0.3) is 5.56 Å². The molecule has 0 aliphatic heterocycles. The highest BCUT2D eigenvalue weighted by Gasteiger charge is 2.21. The summed E-state index contributed by atoms with van der Waals surface area (Å²) < 4.78 is 14.6. The van der Waals surface area contributed by atoms with E-state index in [2.05, 4.69) is 16.9 Å². The second-order valence-corrected chi connectivity index (χ2v) is 8.88. The van der Waals surface area contributed by atoms with Gasteiger partial charge in [-0.25, -0.2) is 9.37 Å². The van der Waals surface area contributed by atoms with Gasteiger partial charge in [-0.3, -0.25) is 9.69 Å². The van der Waals surface area contributed by atoms with Crippen molar-refractivity contribution in [1.82, 2.24) is 19.5 Å². The Hall–Kier alpha value is -2.12. The Kier molecular flexibility index (Phi) is 6.35. The zero-order valence-corrected chi connectivity index (χ0v) is 17.6. The highest BCUT2D eigenvalue weighted by molar-refractivity contribution is 7.16. The first-order valence-corrected chi connectivity index (χ1v) is 11.3. The van der Waals surface area contributed by atoms with E-state index in [1.807, 2.05) is 12.1 Å². The van der Waals surface area contributed by atoms with Gasteiger partial charge in [0.05, 0.1) is 5.69 Å². The lowest BCUT2D eigenvalue weighted by Gasteiger charge is -2.21. The van der Waals surface area contributed by atoms with Crippen molar-refractivity contribution in [1.29, 1.82) is 0 Å². The van der Waals surface area contributed by atoms with Crippen LogP contribution in [-0.2, 0) is 13.1 Å². The molecule has 1 aliphatic rings. The van der Waals surface area contributed by atoms with Gasteiger partial charge >= 0.3 is 0 Å². The molecule has 0 amide bonds. The molecule has 4 rings (SSSR count). The van der Waals surface area contributed by atoms with Gasteiger partial charge in [0.2, 0.25) is 4.96 Å². The summed E-state index contributed by atoms with van der Waals surface area (Å²) in [6.45, 7) is 4.30. The fourth-order valence-corrected chi connectivity index (χ4v) is 5.17. The van der Waals surface area contributed by atoms with E-state index in [1.54, 1.807) is 17.4 Å². The molecule has 154 valence electrons. The molecule has 0 atom stereocenters. The lowest BCUT2D eigenvalue weighted by molar-refractivity contribution is 0.254. The van der Waals surface area contributed by atoms with Crippen molar-refractivity contribution < 1.29 is 4.39 Å². The number of nitrogens with zero attached hydrogens (tertiary/aromatic N) is 4. The summed E-state index contributed by atoms with van der Waals surface area (Å²) in [6.07, 6.45) is 7.08. The Balaban J connectivity index is 1.55. The lowest BCUT2D eigenvalue weighted by atomic mass is 9.90. The van der Waals surface area contributed by atoms with Crippen LogP contribution in [0.1, 0.15) is 67.6 Å². The predicted molar refractivity (Wildman–Crippen MR) is 114 cm³/mol. The molecule has 0 bridgehead atoms. The minimum Gasteiger partial charge on any atom is -0.293 e. The van der Waals surface area contributed by atoms with Crippen LogP contribution >= 0.6 is 11.3 Å². The second-order valence-electron chi connectivity index (χ2n) is 7.89. The molecule has 7 heteroatoms. The van der Waals surface area contributed by atoms with E-state index >= 15 is 0 Å². The van der Waals surface area contributed by atoms with Crippen LogP contribution in [0.4, 0.5) is 4.39 Å². The molecular weight excluding hydrogens is 387 g/mol. The van der Waals surface area contributed by atoms with Crippen molar-refractivity contribution in [2.24, 2.45) is 0 Å². The van der Waals surface area contributed by atoms with E-state index in [0.717, 1.165) is 42.1 Å². The largest absolute Gasteiger partial charge is 0.293 e. The van der Waals surface area contributed by atoms with Crippen LogP contribution in [-0.4, -0.2) is 26.0 Å². The molecule has 1 saturated carbocycles. The van der Waals surface area contributed by atoms with Crippen molar-refractivity contribution in [3.05, 3.63) is 62.8 Å². The predicted octanol–water partition coefficient (Wildman–Crippen LogP) is 4.75. The minimum absolute atomic E-state index is 0.110. The molecular formula is C22H27FN4OS. The highest BCUT2D eigenvalue weighted by Crippen LogP contribution is 2.34. The van der Waals surface area contributed by atoms with Gasteiger partial charge in [0, 0.05) is 25.1 Å². The van der Waals surface area contributed by atoms with Gasteiger partial charge in [0.1, 0.15) is 10.8 Å². The van der Waals surface area contributed by atoms with Gasteiger partial charge in [-0.2, -0.15) is 9.61 Å². The number of fused-ring (bicyclic) bond motifs is 1. The van der Waals surface area contributed by atoms with Gasteiger partial charge in [-0.1, -0.05) is 49.7 Å². The minimum atomic E-state index is -0.227. The van der Waals surface area contributed by atoms with Gasteiger partial charge in [-0.15, -0.1) is 0 Å². The van der Waals surface area contributed by atoms with E-state index in [4.69, 9.17) is 4.98 Å².